The summed E-state index contributed by atoms with van der Waals surface area (Å²) in [6.07, 6.45) is 1.95. The van der Waals surface area contributed by atoms with Gasteiger partial charge in [-0.2, -0.15) is 0 Å². The zero-order chi connectivity index (χ0) is 17.8. The van der Waals surface area contributed by atoms with Gasteiger partial charge in [-0.3, -0.25) is 4.79 Å². The van der Waals surface area contributed by atoms with Gasteiger partial charge in [0.1, 0.15) is 18.2 Å². The fourth-order valence-electron chi connectivity index (χ4n) is 2.83. The molecule has 1 amide bonds. The van der Waals surface area contributed by atoms with Crippen LogP contribution in [0, 0.1) is 0 Å². The second-order valence-electron chi connectivity index (χ2n) is 5.91. The Balaban J connectivity index is 1.49. The van der Waals surface area contributed by atoms with E-state index in [2.05, 4.69) is 30.8 Å². The van der Waals surface area contributed by atoms with E-state index >= 15 is 0 Å². The second kappa shape index (κ2) is 7.14. The molecule has 0 aliphatic carbocycles. The molecule has 4 rings (SSSR count). The zero-order valence-electron chi connectivity index (χ0n) is 13.9. The highest BCUT2D eigenvalue weighted by atomic mass is 16.2. The molecule has 0 saturated carbocycles. The lowest BCUT2D eigenvalue weighted by molar-refractivity contribution is -0.124. The molecule has 2 aromatic heterocycles. The Morgan fingerprint density at radius 2 is 1.92 bits per heavy atom. The van der Waals surface area contributed by atoms with Crippen LogP contribution in [0.1, 0.15) is 17.4 Å². The third-order valence-electron chi connectivity index (χ3n) is 4.13. The lowest BCUT2D eigenvalue weighted by atomic mass is 10.1. The van der Waals surface area contributed by atoms with Gasteiger partial charge in [-0.15, -0.1) is 5.10 Å². The lowest BCUT2D eigenvalue weighted by Gasteiger charge is -2.16. The van der Waals surface area contributed by atoms with Crippen LogP contribution in [-0.2, 0) is 17.8 Å². The van der Waals surface area contributed by atoms with E-state index in [0.29, 0.717) is 18.8 Å². The summed E-state index contributed by atoms with van der Waals surface area (Å²) in [5, 5.41) is 14.1. The van der Waals surface area contributed by atoms with Gasteiger partial charge in [-0.05, 0) is 28.1 Å². The minimum absolute atomic E-state index is 0.165. The molecule has 1 unspecified atom stereocenters. The molecule has 2 aromatic carbocycles. The molecule has 4 aromatic rings. The number of hydrogen-bond donors (Lipinski definition) is 2. The summed E-state index contributed by atoms with van der Waals surface area (Å²) in [6, 6.07) is 17.0. The number of tetrazole rings is 1. The van der Waals surface area contributed by atoms with Crippen molar-refractivity contribution in [2.45, 2.75) is 19.0 Å². The Hall–Kier alpha value is -3.55. The SMILES string of the molecule is O=C(NCc1nc2ccccc2[nH]1)C(Cc1ccccc1)n1cnnn1. The number of para-hydroxylation sites is 2. The first-order valence-corrected chi connectivity index (χ1v) is 8.27. The Morgan fingerprint density at radius 1 is 1.12 bits per heavy atom. The van der Waals surface area contributed by atoms with Gasteiger partial charge < -0.3 is 10.3 Å². The first kappa shape index (κ1) is 15.9. The Kier molecular flexibility index (Phi) is 4.38. The number of aromatic amines is 1. The van der Waals surface area contributed by atoms with Gasteiger partial charge in [0.05, 0.1) is 17.6 Å². The fraction of sp³-hybridized carbons (Fsp3) is 0.167. The molecule has 0 aliphatic rings. The highest BCUT2D eigenvalue weighted by molar-refractivity contribution is 5.80. The Morgan fingerprint density at radius 3 is 2.69 bits per heavy atom. The molecule has 0 spiro atoms. The van der Waals surface area contributed by atoms with Crippen molar-refractivity contribution < 1.29 is 4.79 Å². The van der Waals surface area contributed by atoms with Crippen LogP contribution < -0.4 is 5.32 Å². The van der Waals surface area contributed by atoms with Crippen LogP contribution in [0.3, 0.4) is 0 Å². The summed E-state index contributed by atoms with van der Waals surface area (Å²) in [5.41, 5.74) is 2.85. The van der Waals surface area contributed by atoms with Gasteiger partial charge in [-0.1, -0.05) is 42.5 Å². The molecule has 0 fully saturated rings. The highest BCUT2D eigenvalue weighted by Crippen LogP contribution is 2.14. The number of nitrogens with zero attached hydrogens (tertiary/aromatic N) is 5. The van der Waals surface area contributed by atoms with Crippen molar-refractivity contribution >= 4 is 16.9 Å². The largest absolute Gasteiger partial charge is 0.347 e. The molecule has 0 saturated heterocycles. The van der Waals surface area contributed by atoms with Gasteiger partial charge in [-0.25, -0.2) is 9.67 Å². The first-order chi connectivity index (χ1) is 12.8. The number of imidazole rings is 1. The number of carbonyl (C=O) groups excluding carboxylic acids is 1. The van der Waals surface area contributed by atoms with E-state index < -0.39 is 6.04 Å². The monoisotopic (exact) mass is 347 g/mol. The fourth-order valence-corrected chi connectivity index (χ4v) is 2.83. The molecular weight excluding hydrogens is 330 g/mol. The summed E-state index contributed by atoms with van der Waals surface area (Å²) < 4.78 is 1.47. The van der Waals surface area contributed by atoms with E-state index in [1.807, 2.05) is 54.6 Å². The third kappa shape index (κ3) is 3.44. The van der Waals surface area contributed by atoms with Crippen molar-refractivity contribution in [3.63, 3.8) is 0 Å². The highest BCUT2D eigenvalue weighted by Gasteiger charge is 2.22. The smallest absolute Gasteiger partial charge is 0.245 e. The maximum absolute atomic E-state index is 12.8. The maximum Gasteiger partial charge on any atom is 0.245 e. The minimum atomic E-state index is -0.531. The summed E-state index contributed by atoms with van der Waals surface area (Å²) >= 11 is 0. The molecule has 0 radical (unpaired) electrons. The van der Waals surface area contributed by atoms with Crippen molar-refractivity contribution in [1.82, 2.24) is 35.5 Å². The lowest BCUT2D eigenvalue weighted by Crippen LogP contribution is -2.34. The molecule has 8 heteroatoms. The van der Waals surface area contributed by atoms with E-state index in [1.165, 1.54) is 11.0 Å². The van der Waals surface area contributed by atoms with E-state index in [4.69, 9.17) is 0 Å². The number of benzene rings is 2. The maximum atomic E-state index is 12.8. The number of rotatable bonds is 6. The van der Waals surface area contributed by atoms with Crippen LogP contribution in [0.5, 0.6) is 0 Å². The quantitative estimate of drug-likeness (QED) is 0.552. The van der Waals surface area contributed by atoms with Crippen LogP contribution in [0.2, 0.25) is 0 Å². The normalized spacial score (nSPS) is 12.2. The van der Waals surface area contributed by atoms with Crippen molar-refractivity contribution in [2.24, 2.45) is 0 Å². The predicted octanol–water partition coefficient (Wildman–Crippen LogP) is 1.65. The molecule has 2 N–H and O–H groups in total. The molecule has 0 aliphatic heterocycles. The zero-order valence-corrected chi connectivity index (χ0v) is 13.9. The number of fused-ring (bicyclic) bond motifs is 1. The molecule has 2 heterocycles. The summed E-state index contributed by atoms with van der Waals surface area (Å²) in [4.78, 5) is 20.4. The number of hydrogen-bond acceptors (Lipinski definition) is 5. The van der Waals surface area contributed by atoms with Gasteiger partial charge in [0, 0.05) is 6.42 Å². The summed E-state index contributed by atoms with van der Waals surface area (Å²) in [7, 11) is 0. The topological polar surface area (TPSA) is 101 Å². The van der Waals surface area contributed by atoms with Crippen LogP contribution in [0.4, 0.5) is 0 Å². The van der Waals surface area contributed by atoms with E-state index in [9.17, 15) is 4.79 Å². The van der Waals surface area contributed by atoms with Gasteiger partial charge in [0.15, 0.2) is 0 Å². The number of nitrogens with one attached hydrogen (secondary N) is 2. The number of carbonyl (C=O) groups is 1. The number of aromatic nitrogens is 6. The molecule has 130 valence electrons. The second-order valence-corrected chi connectivity index (χ2v) is 5.91. The average molecular weight is 347 g/mol. The van der Waals surface area contributed by atoms with Crippen LogP contribution in [-0.4, -0.2) is 36.1 Å². The summed E-state index contributed by atoms with van der Waals surface area (Å²) in [6.45, 7) is 0.306. The van der Waals surface area contributed by atoms with E-state index in [0.717, 1.165) is 16.6 Å². The van der Waals surface area contributed by atoms with Crippen LogP contribution in [0.15, 0.2) is 60.9 Å². The molecule has 1 atom stereocenters. The molecular formula is C18H17N7O. The van der Waals surface area contributed by atoms with Gasteiger partial charge >= 0.3 is 0 Å². The van der Waals surface area contributed by atoms with Crippen LogP contribution in [0.25, 0.3) is 11.0 Å². The van der Waals surface area contributed by atoms with E-state index in [1.54, 1.807) is 0 Å². The molecule has 26 heavy (non-hydrogen) atoms. The summed E-state index contributed by atoms with van der Waals surface area (Å²) in [5.74, 6) is 0.538. The van der Waals surface area contributed by atoms with Gasteiger partial charge in [0.2, 0.25) is 5.91 Å². The number of amides is 1. The van der Waals surface area contributed by atoms with Crippen LogP contribution >= 0.6 is 0 Å². The van der Waals surface area contributed by atoms with Gasteiger partial charge in [0.25, 0.3) is 0 Å². The Labute approximate surface area is 149 Å². The molecule has 8 nitrogen and oxygen atoms in total. The van der Waals surface area contributed by atoms with Crippen molar-refractivity contribution in [1.29, 1.82) is 0 Å². The number of H-pyrrole nitrogens is 1. The third-order valence-corrected chi connectivity index (χ3v) is 4.13. The predicted molar refractivity (Wildman–Crippen MR) is 94.9 cm³/mol. The van der Waals surface area contributed by atoms with Crippen molar-refractivity contribution in [3.05, 3.63) is 72.3 Å². The molecule has 0 bridgehead atoms. The first-order valence-electron chi connectivity index (χ1n) is 8.27. The van der Waals surface area contributed by atoms with E-state index in [-0.39, 0.29) is 5.91 Å². The standard InChI is InChI=1S/C18H17N7O/c26-18(19-11-17-21-14-8-4-5-9-15(14)22-17)16(25-12-20-23-24-25)10-13-6-2-1-3-7-13/h1-9,12,16H,10-11H2,(H,19,26)(H,21,22). The minimum Gasteiger partial charge on any atom is -0.347 e. The van der Waals surface area contributed by atoms with Crippen molar-refractivity contribution in [2.75, 3.05) is 0 Å². The van der Waals surface area contributed by atoms with Crippen molar-refractivity contribution in [3.8, 4) is 0 Å². The Bertz CT molecular complexity index is 962. The average Bonchev–Trinajstić information content (AvgIpc) is 3.34.